The zero-order valence-corrected chi connectivity index (χ0v) is 20.9. The molecule has 0 saturated carbocycles. The molecule has 0 aliphatic carbocycles. The number of ether oxygens (including phenoxy) is 1. The minimum Gasteiger partial charge on any atom is -0.493 e. The number of alkyl halides is 1. The van der Waals surface area contributed by atoms with E-state index in [0.29, 0.717) is 31.0 Å². The van der Waals surface area contributed by atoms with Gasteiger partial charge in [0.1, 0.15) is 11.9 Å². The summed E-state index contributed by atoms with van der Waals surface area (Å²) in [6.07, 6.45) is 1.62. The average Bonchev–Trinajstić information content (AvgIpc) is 2.84. The molecule has 180 valence electrons. The summed E-state index contributed by atoms with van der Waals surface area (Å²) in [5.41, 5.74) is 13.6. The lowest BCUT2D eigenvalue weighted by molar-refractivity contribution is 0.143. The maximum Gasteiger partial charge on any atom is 0.122 e. The van der Waals surface area contributed by atoms with E-state index in [1.54, 1.807) is 0 Å². The molecule has 3 nitrogen and oxygen atoms in total. The van der Waals surface area contributed by atoms with Crippen LogP contribution in [0.1, 0.15) is 36.0 Å². The molecular weight excluding hydrogens is 447 g/mol. The highest BCUT2D eigenvalue weighted by Gasteiger charge is 2.18. The lowest BCUT2D eigenvalue weighted by Crippen LogP contribution is -2.35. The molecule has 0 unspecified atom stereocenters. The molecule has 0 amide bonds. The van der Waals surface area contributed by atoms with Crippen LogP contribution in [0.25, 0.3) is 22.3 Å². The van der Waals surface area contributed by atoms with Gasteiger partial charge in [0.05, 0.1) is 6.61 Å². The van der Waals surface area contributed by atoms with Gasteiger partial charge in [-0.15, -0.1) is 0 Å². The molecule has 34 heavy (non-hydrogen) atoms. The smallest absolute Gasteiger partial charge is 0.122 e. The number of hydrogen-bond donors (Lipinski definition) is 1. The molecule has 1 heterocycles. The quantitative estimate of drug-likeness (QED) is 0.354. The Hall–Kier alpha value is -2.40. The predicted molar refractivity (Wildman–Crippen MR) is 140 cm³/mol. The van der Waals surface area contributed by atoms with Crippen molar-refractivity contribution in [1.82, 2.24) is 4.90 Å². The summed E-state index contributed by atoms with van der Waals surface area (Å²) in [5, 5.41) is 0.716. The first kappa shape index (κ1) is 24.7. The maximum absolute atomic E-state index is 13.3. The standard InChI is InChI=1S/C29H34ClFN2O/c1-20-24(6-3-7-25(20)27-11-10-22(19-32)18-28(27)30)26-8-4-9-29(21(26)2)34-17-5-14-33-15-12-23(31)13-16-33/h3-4,6-11,18,23H,5,12-17,19,32H2,1-2H3. The fourth-order valence-corrected chi connectivity index (χ4v) is 5.09. The summed E-state index contributed by atoms with van der Waals surface area (Å²) in [4.78, 5) is 2.34. The van der Waals surface area contributed by atoms with Crippen LogP contribution in [-0.2, 0) is 6.54 Å². The Morgan fingerprint density at radius 3 is 2.26 bits per heavy atom. The van der Waals surface area contributed by atoms with Gasteiger partial charge < -0.3 is 15.4 Å². The Morgan fingerprint density at radius 2 is 1.59 bits per heavy atom. The fourth-order valence-electron chi connectivity index (χ4n) is 4.78. The van der Waals surface area contributed by atoms with Crippen molar-refractivity contribution in [3.63, 3.8) is 0 Å². The van der Waals surface area contributed by atoms with Crippen molar-refractivity contribution in [3.8, 4) is 28.0 Å². The number of rotatable bonds is 8. The van der Waals surface area contributed by atoms with Crippen molar-refractivity contribution < 1.29 is 9.13 Å². The molecule has 1 aliphatic rings. The molecule has 0 radical (unpaired) electrons. The van der Waals surface area contributed by atoms with E-state index in [2.05, 4.69) is 55.1 Å². The summed E-state index contributed by atoms with van der Waals surface area (Å²) in [7, 11) is 0. The summed E-state index contributed by atoms with van der Waals surface area (Å²) < 4.78 is 19.5. The van der Waals surface area contributed by atoms with Gasteiger partial charge in [-0.3, -0.25) is 0 Å². The van der Waals surface area contributed by atoms with Gasteiger partial charge in [-0.2, -0.15) is 0 Å². The van der Waals surface area contributed by atoms with Gasteiger partial charge in [0.2, 0.25) is 0 Å². The second kappa shape index (κ2) is 11.4. The number of nitrogens with zero attached hydrogens (tertiary/aromatic N) is 1. The van der Waals surface area contributed by atoms with Crippen LogP contribution in [0.4, 0.5) is 4.39 Å². The third-order valence-electron chi connectivity index (χ3n) is 6.86. The zero-order valence-electron chi connectivity index (χ0n) is 20.1. The number of halogens is 2. The van der Waals surface area contributed by atoms with E-state index >= 15 is 0 Å². The van der Waals surface area contributed by atoms with Gasteiger partial charge in [0.25, 0.3) is 0 Å². The van der Waals surface area contributed by atoms with E-state index in [4.69, 9.17) is 22.1 Å². The summed E-state index contributed by atoms with van der Waals surface area (Å²) in [6.45, 7) is 8.05. The lowest BCUT2D eigenvalue weighted by atomic mass is 9.90. The predicted octanol–water partition coefficient (Wildman–Crippen LogP) is 6.95. The van der Waals surface area contributed by atoms with E-state index < -0.39 is 6.17 Å². The fraction of sp³-hybridized carbons (Fsp3) is 0.379. The number of benzene rings is 3. The topological polar surface area (TPSA) is 38.5 Å². The average molecular weight is 481 g/mol. The molecule has 0 atom stereocenters. The van der Waals surface area contributed by atoms with Crippen molar-refractivity contribution in [2.24, 2.45) is 5.73 Å². The monoisotopic (exact) mass is 480 g/mol. The first-order valence-electron chi connectivity index (χ1n) is 12.2. The molecule has 0 aromatic heterocycles. The zero-order chi connectivity index (χ0) is 24.1. The third-order valence-corrected chi connectivity index (χ3v) is 7.17. The molecule has 2 N–H and O–H groups in total. The van der Waals surface area contributed by atoms with Gasteiger partial charge in [0.15, 0.2) is 0 Å². The largest absolute Gasteiger partial charge is 0.493 e. The van der Waals surface area contributed by atoms with Crippen molar-refractivity contribution in [1.29, 1.82) is 0 Å². The van der Waals surface area contributed by atoms with E-state index in [9.17, 15) is 4.39 Å². The Bertz CT molecular complexity index is 1130. The van der Waals surface area contributed by atoms with Crippen LogP contribution >= 0.6 is 11.6 Å². The van der Waals surface area contributed by atoms with Crippen LogP contribution in [0.3, 0.4) is 0 Å². The van der Waals surface area contributed by atoms with E-state index in [1.807, 2.05) is 18.2 Å². The van der Waals surface area contributed by atoms with Crippen LogP contribution in [0.2, 0.25) is 5.02 Å². The molecule has 3 aromatic rings. The molecule has 1 aliphatic heterocycles. The van der Waals surface area contributed by atoms with Gasteiger partial charge in [0, 0.05) is 36.8 Å². The summed E-state index contributed by atoms with van der Waals surface area (Å²) >= 11 is 6.61. The number of hydrogen-bond acceptors (Lipinski definition) is 3. The Labute approximate surface area is 207 Å². The second-order valence-corrected chi connectivity index (χ2v) is 9.55. The van der Waals surface area contributed by atoms with Crippen molar-refractivity contribution in [2.75, 3.05) is 26.2 Å². The third kappa shape index (κ3) is 5.63. The van der Waals surface area contributed by atoms with Crippen LogP contribution in [0, 0.1) is 13.8 Å². The number of piperidine rings is 1. The first-order valence-corrected chi connectivity index (χ1v) is 12.5. The number of nitrogens with two attached hydrogens (primary N) is 1. The van der Waals surface area contributed by atoms with Crippen LogP contribution < -0.4 is 10.5 Å². The van der Waals surface area contributed by atoms with Gasteiger partial charge in [-0.1, -0.05) is 54.1 Å². The normalized spacial score (nSPS) is 15.0. The first-order chi connectivity index (χ1) is 16.5. The highest BCUT2D eigenvalue weighted by atomic mass is 35.5. The molecule has 1 saturated heterocycles. The molecule has 0 spiro atoms. The lowest BCUT2D eigenvalue weighted by Gasteiger charge is -2.28. The highest BCUT2D eigenvalue weighted by Crippen LogP contribution is 2.38. The molecule has 0 bridgehead atoms. The Balaban J connectivity index is 1.49. The van der Waals surface area contributed by atoms with Crippen LogP contribution in [0.15, 0.2) is 54.6 Å². The molecule has 1 fully saturated rings. The SMILES string of the molecule is Cc1c(OCCCN2CCC(F)CC2)cccc1-c1cccc(-c2ccc(CN)cc2Cl)c1C. The maximum atomic E-state index is 13.3. The van der Waals surface area contributed by atoms with E-state index in [-0.39, 0.29) is 0 Å². The number of likely N-dealkylation sites (tertiary alicyclic amines) is 1. The van der Waals surface area contributed by atoms with E-state index in [0.717, 1.165) is 59.6 Å². The van der Waals surface area contributed by atoms with Crippen LogP contribution in [0.5, 0.6) is 5.75 Å². The minimum atomic E-state index is -0.624. The summed E-state index contributed by atoms with van der Waals surface area (Å²) in [6, 6.07) is 18.6. The highest BCUT2D eigenvalue weighted by molar-refractivity contribution is 6.33. The second-order valence-electron chi connectivity index (χ2n) is 9.14. The Kier molecular flexibility index (Phi) is 8.25. The molecule has 3 aromatic carbocycles. The van der Waals surface area contributed by atoms with Crippen molar-refractivity contribution >= 4 is 11.6 Å². The summed E-state index contributed by atoms with van der Waals surface area (Å²) in [5.74, 6) is 0.912. The van der Waals surface area contributed by atoms with Crippen molar-refractivity contribution in [3.05, 3.63) is 76.3 Å². The van der Waals surface area contributed by atoms with Gasteiger partial charge >= 0.3 is 0 Å². The van der Waals surface area contributed by atoms with Crippen LogP contribution in [-0.4, -0.2) is 37.3 Å². The van der Waals surface area contributed by atoms with Crippen molar-refractivity contribution in [2.45, 2.75) is 45.8 Å². The minimum absolute atomic E-state index is 0.473. The van der Waals surface area contributed by atoms with E-state index in [1.165, 1.54) is 11.1 Å². The molecule has 5 heteroatoms. The van der Waals surface area contributed by atoms with Gasteiger partial charge in [-0.05, 0) is 78.6 Å². The molecule has 4 rings (SSSR count). The van der Waals surface area contributed by atoms with Gasteiger partial charge in [-0.25, -0.2) is 4.39 Å². The molecular formula is C29H34ClFN2O. The Morgan fingerprint density at radius 1 is 0.941 bits per heavy atom.